The molecule has 0 bridgehead atoms. The van der Waals surface area contributed by atoms with Gasteiger partial charge in [0.2, 0.25) is 0 Å². The summed E-state index contributed by atoms with van der Waals surface area (Å²) in [6, 6.07) is 0. The average Bonchev–Trinajstić information content (AvgIpc) is 2.75. The molecule has 1 fully saturated rings. The van der Waals surface area contributed by atoms with Crippen LogP contribution in [-0.4, -0.2) is 22.8 Å². The number of hydrogen-bond donors (Lipinski definition) is 1. The molecule has 3 unspecified atom stereocenters. The zero-order valence-corrected chi connectivity index (χ0v) is 10.3. The molecule has 88 valence electrons. The van der Waals surface area contributed by atoms with E-state index >= 15 is 0 Å². The Bertz CT molecular complexity index is 256. The van der Waals surface area contributed by atoms with Crippen LogP contribution in [0.5, 0.6) is 0 Å². The van der Waals surface area contributed by atoms with Crippen LogP contribution >= 0.6 is 0 Å². The monoisotopic (exact) mass is 214 g/mol. The average molecular weight is 214 g/mol. The quantitative estimate of drug-likeness (QED) is 0.729. The summed E-state index contributed by atoms with van der Waals surface area (Å²) >= 11 is 0. The predicted molar refractivity (Wildman–Crippen MR) is 58.4 cm³/mol. The van der Waals surface area contributed by atoms with Crippen molar-refractivity contribution in [3.05, 3.63) is 0 Å². The van der Waals surface area contributed by atoms with Crippen molar-refractivity contribution in [1.29, 1.82) is 0 Å². The van der Waals surface area contributed by atoms with E-state index in [9.17, 15) is 9.90 Å². The first-order valence-corrected chi connectivity index (χ1v) is 5.64. The van der Waals surface area contributed by atoms with Crippen LogP contribution in [0.3, 0.4) is 0 Å². The van der Waals surface area contributed by atoms with E-state index in [1.54, 1.807) is 6.92 Å². The SMILES string of the molecule is CCC(C)(C)C(=O)OC(C)C1CC1(C)O. The lowest BCUT2D eigenvalue weighted by Crippen LogP contribution is -2.31. The summed E-state index contributed by atoms with van der Waals surface area (Å²) in [6.07, 6.45) is 1.31. The van der Waals surface area contributed by atoms with E-state index in [0.717, 1.165) is 12.8 Å². The molecule has 0 aromatic carbocycles. The standard InChI is InChI=1S/C12H22O3/c1-6-11(3,4)10(13)15-8(2)9-7-12(9,5)14/h8-9,14H,6-7H2,1-5H3. The molecule has 15 heavy (non-hydrogen) atoms. The Morgan fingerprint density at radius 3 is 2.47 bits per heavy atom. The van der Waals surface area contributed by atoms with Gasteiger partial charge in [-0.15, -0.1) is 0 Å². The number of esters is 1. The number of carbonyl (C=O) groups is 1. The van der Waals surface area contributed by atoms with Crippen molar-refractivity contribution >= 4 is 5.97 Å². The molecule has 3 heteroatoms. The van der Waals surface area contributed by atoms with E-state index in [-0.39, 0.29) is 18.0 Å². The Balaban J connectivity index is 2.46. The van der Waals surface area contributed by atoms with E-state index in [1.165, 1.54) is 0 Å². The largest absolute Gasteiger partial charge is 0.462 e. The molecule has 1 saturated carbocycles. The van der Waals surface area contributed by atoms with Crippen LogP contribution < -0.4 is 0 Å². The number of carbonyl (C=O) groups excluding carboxylic acids is 1. The van der Waals surface area contributed by atoms with Crippen LogP contribution in [0.25, 0.3) is 0 Å². The summed E-state index contributed by atoms with van der Waals surface area (Å²) in [6.45, 7) is 9.38. The first kappa shape index (κ1) is 12.5. The van der Waals surface area contributed by atoms with E-state index in [2.05, 4.69) is 0 Å². The van der Waals surface area contributed by atoms with E-state index in [0.29, 0.717) is 0 Å². The Hall–Kier alpha value is -0.570. The smallest absolute Gasteiger partial charge is 0.311 e. The molecule has 3 nitrogen and oxygen atoms in total. The summed E-state index contributed by atoms with van der Waals surface area (Å²) in [5, 5.41) is 9.64. The van der Waals surface area contributed by atoms with Gasteiger partial charge in [-0.25, -0.2) is 0 Å². The Morgan fingerprint density at radius 1 is 1.67 bits per heavy atom. The summed E-state index contributed by atoms with van der Waals surface area (Å²) in [5.74, 6) is -0.0608. The number of ether oxygens (including phenoxy) is 1. The summed E-state index contributed by atoms with van der Waals surface area (Å²) in [7, 11) is 0. The fraction of sp³-hybridized carbons (Fsp3) is 0.917. The lowest BCUT2D eigenvalue weighted by molar-refractivity contribution is -0.160. The normalized spacial score (nSPS) is 32.3. The summed E-state index contributed by atoms with van der Waals surface area (Å²) < 4.78 is 5.37. The zero-order chi connectivity index (χ0) is 11.9. The van der Waals surface area contributed by atoms with Crippen LogP contribution in [0, 0.1) is 11.3 Å². The second-order valence-electron chi connectivity index (χ2n) is 5.52. The van der Waals surface area contributed by atoms with Gasteiger partial charge in [0, 0.05) is 5.92 Å². The lowest BCUT2D eigenvalue weighted by atomic mass is 9.90. The molecule has 3 atom stereocenters. The maximum absolute atomic E-state index is 11.7. The summed E-state index contributed by atoms with van der Waals surface area (Å²) in [4.78, 5) is 11.7. The van der Waals surface area contributed by atoms with Crippen LogP contribution in [0.2, 0.25) is 0 Å². The third kappa shape index (κ3) is 2.71. The Kier molecular flexibility index (Phi) is 3.15. The first-order valence-electron chi connectivity index (χ1n) is 5.64. The number of aliphatic hydroxyl groups is 1. The molecule has 0 aromatic heterocycles. The molecule has 0 radical (unpaired) electrons. The van der Waals surface area contributed by atoms with Gasteiger partial charge in [0.05, 0.1) is 11.0 Å². The van der Waals surface area contributed by atoms with Gasteiger partial charge in [0.25, 0.3) is 0 Å². The zero-order valence-electron chi connectivity index (χ0n) is 10.3. The maximum atomic E-state index is 11.7. The van der Waals surface area contributed by atoms with E-state index in [4.69, 9.17) is 4.74 Å². The molecular weight excluding hydrogens is 192 g/mol. The highest BCUT2D eigenvalue weighted by Crippen LogP contribution is 2.46. The van der Waals surface area contributed by atoms with Gasteiger partial charge >= 0.3 is 5.97 Å². The highest BCUT2D eigenvalue weighted by atomic mass is 16.5. The molecule has 0 saturated heterocycles. The topological polar surface area (TPSA) is 46.5 Å². The molecular formula is C12H22O3. The maximum Gasteiger partial charge on any atom is 0.311 e. The van der Waals surface area contributed by atoms with Gasteiger partial charge in [-0.05, 0) is 40.5 Å². The molecule has 0 heterocycles. The van der Waals surface area contributed by atoms with Gasteiger partial charge in [-0.1, -0.05) is 6.92 Å². The first-order chi connectivity index (χ1) is 6.70. The van der Waals surface area contributed by atoms with Crippen molar-refractivity contribution in [1.82, 2.24) is 0 Å². The van der Waals surface area contributed by atoms with E-state index < -0.39 is 11.0 Å². The van der Waals surface area contributed by atoms with Crippen LogP contribution in [0.1, 0.15) is 47.5 Å². The number of rotatable bonds is 4. The van der Waals surface area contributed by atoms with Crippen molar-refractivity contribution < 1.29 is 14.6 Å². The minimum atomic E-state index is -0.629. The third-order valence-electron chi connectivity index (χ3n) is 3.57. The lowest BCUT2D eigenvalue weighted by Gasteiger charge is -2.24. The fourth-order valence-corrected chi connectivity index (χ4v) is 1.61. The minimum absolute atomic E-state index is 0.106. The van der Waals surface area contributed by atoms with Crippen LogP contribution in [-0.2, 0) is 9.53 Å². The van der Waals surface area contributed by atoms with Crippen molar-refractivity contribution in [2.45, 2.75) is 59.2 Å². The Morgan fingerprint density at radius 2 is 2.13 bits per heavy atom. The van der Waals surface area contributed by atoms with Crippen LogP contribution in [0.15, 0.2) is 0 Å². The molecule has 0 aliphatic heterocycles. The molecule has 1 N–H and O–H groups in total. The highest BCUT2D eigenvalue weighted by molar-refractivity contribution is 5.76. The fourth-order valence-electron chi connectivity index (χ4n) is 1.61. The molecule has 0 aromatic rings. The third-order valence-corrected chi connectivity index (χ3v) is 3.57. The second-order valence-corrected chi connectivity index (χ2v) is 5.52. The summed E-state index contributed by atoms with van der Waals surface area (Å²) in [5.41, 5.74) is -1.05. The predicted octanol–water partition coefficient (Wildman–Crippen LogP) is 2.13. The molecule has 1 aliphatic rings. The van der Waals surface area contributed by atoms with Gasteiger partial charge in [-0.3, -0.25) is 4.79 Å². The van der Waals surface area contributed by atoms with Gasteiger partial charge in [0.1, 0.15) is 6.10 Å². The number of hydrogen-bond acceptors (Lipinski definition) is 3. The van der Waals surface area contributed by atoms with Crippen molar-refractivity contribution in [2.24, 2.45) is 11.3 Å². The van der Waals surface area contributed by atoms with Crippen LogP contribution in [0.4, 0.5) is 0 Å². The highest BCUT2D eigenvalue weighted by Gasteiger charge is 2.53. The van der Waals surface area contributed by atoms with Crippen molar-refractivity contribution in [3.8, 4) is 0 Å². The van der Waals surface area contributed by atoms with E-state index in [1.807, 2.05) is 27.7 Å². The van der Waals surface area contributed by atoms with Crippen molar-refractivity contribution in [2.75, 3.05) is 0 Å². The Labute approximate surface area is 91.8 Å². The van der Waals surface area contributed by atoms with Gasteiger partial charge in [0.15, 0.2) is 0 Å². The minimum Gasteiger partial charge on any atom is -0.462 e. The van der Waals surface area contributed by atoms with Crippen molar-refractivity contribution in [3.63, 3.8) is 0 Å². The molecule has 1 aliphatic carbocycles. The molecule has 0 amide bonds. The molecule has 0 spiro atoms. The second kappa shape index (κ2) is 3.78. The van der Waals surface area contributed by atoms with Gasteiger partial charge in [-0.2, -0.15) is 0 Å². The molecule has 1 rings (SSSR count). The van der Waals surface area contributed by atoms with Gasteiger partial charge < -0.3 is 9.84 Å².